The van der Waals surface area contributed by atoms with Gasteiger partial charge in [-0.05, 0) is 44.0 Å². The van der Waals surface area contributed by atoms with Crippen molar-refractivity contribution in [1.29, 1.82) is 0 Å². The maximum Gasteiger partial charge on any atom is 0.269 e. The number of rotatable bonds is 6. The third-order valence-corrected chi connectivity index (χ3v) is 7.46. The summed E-state index contributed by atoms with van der Waals surface area (Å²) in [7, 11) is 0. The maximum absolute atomic E-state index is 13.9. The second-order valence-corrected chi connectivity index (χ2v) is 10.1. The molecule has 3 aliphatic heterocycles. The molecule has 4 atom stereocenters. The molecule has 0 unspecified atom stereocenters. The Morgan fingerprint density at radius 3 is 2.56 bits per heavy atom. The molecule has 9 nitrogen and oxygen atoms in total. The Morgan fingerprint density at radius 2 is 1.83 bits per heavy atom. The molecule has 0 radical (unpaired) electrons. The number of carbonyl (C=O) groups is 1. The summed E-state index contributed by atoms with van der Waals surface area (Å²) in [5, 5.41) is 11.4. The van der Waals surface area contributed by atoms with Crippen molar-refractivity contribution in [3.63, 3.8) is 0 Å². The van der Waals surface area contributed by atoms with Crippen LogP contribution in [-0.2, 0) is 16.0 Å². The van der Waals surface area contributed by atoms with Gasteiger partial charge in [0, 0.05) is 57.1 Å². The second kappa shape index (κ2) is 10.4. The van der Waals surface area contributed by atoms with Gasteiger partial charge in [-0.15, -0.1) is 0 Å². The largest absolute Gasteiger partial charge is 0.492 e. The summed E-state index contributed by atoms with van der Waals surface area (Å²) in [5.74, 6) is 0.703. The second-order valence-electron chi connectivity index (χ2n) is 10.1. The highest BCUT2D eigenvalue weighted by atomic mass is 16.6. The third kappa shape index (κ3) is 5.17. The van der Waals surface area contributed by atoms with Crippen molar-refractivity contribution in [2.24, 2.45) is 5.92 Å². The molecular formula is C27H34N4O5. The molecule has 0 bridgehead atoms. The number of anilines is 1. The summed E-state index contributed by atoms with van der Waals surface area (Å²) in [6.07, 6.45) is 0.485. The number of nitro groups is 1. The molecule has 192 valence electrons. The van der Waals surface area contributed by atoms with Crippen molar-refractivity contribution in [2.45, 2.75) is 38.5 Å². The number of hydrogen-bond donors (Lipinski definition) is 0. The van der Waals surface area contributed by atoms with Crippen LogP contribution < -0.4 is 9.64 Å². The first-order valence-corrected chi connectivity index (χ1v) is 12.8. The van der Waals surface area contributed by atoms with Gasteiger partial charge in [0.15, 0.2) is 0 Å². The standard InChI is InChI=1S/C27H34N4O5/c1-19-16-29(17-20(2)36-19)27(32)24-15-21-14-22(31(33)34)8-9-25(21)30-11-10-28(18-26(24)30)12-13-35-23-6-4-3-5-7-23/h3-9,14,19-20,24,26H,10-13,15-18H2,1-2H3/t19-,20-,24-,26+/m1/s1. The van der Waals surface area contributed by atoms with E-state index in [1.165, 1.54) is 0 Å². The molecule has 0 aromatic heterocycles. The van der Waals surface area contributed by atoms with E-state index in [-0.39, 0.29) is 40.7 Å². The molecule has 5 rings (SSSR count). The molecule has 36 heavy (non-hydrogen) atoms. The third-order valence-electron chi connectivity index (χ3n) is 7.46. The predicted octanol–water partition coefficient (Wildman–Crippen LogP) is 2.97. The highest BCUT2D eigenvalue weighted by Crippen LogP contribution is 2.38. The van der Waals surface area contributed by atoms with E-state index in [4.69, 9.17) is 9.47 Å². The van der Waals surface area contributed by atoms with Crippen molar-refractivity contribution in [1.82, 2.24) is 9.80 Å². The van der Waals surface area contributed by atoms with E-state index in [9.17, 15) is 14.9 Å². The fourth-order valence-corrected chi connectivity index (χ4v) is 5.87. The van der Waals surface area contributed by atoms with Gasteiger partial charge < -0.3 is 19.3 Å². The molecule has 3 heterocycles. The van der Waals surface area contributed by atoms with Crippen LogP contribution in [0.4, 0.5) is 11.4 Å². The van der Waals surface area contributed by atoms with Crippen LogP contribution in [0.2, 0.25) is 0 Å². The average molecular weight is 495 g/mol. The van der Waals surface area contributed by atoms with Crippen LogP contribution in [0.3, 0.4) is 0 Å². The van der Waals surface area contributed by atoms with E-state index in [1.807, 2.05) is 55.1 Å². The van der Waals surface area contributed by atoms with Crippen molar-refractivity contribution in [3.8, 4) is 5.75 Å². The number of hydrogen-bond acceptors (Lipinski definition) is 7. The summed E-state index contributed by atoms with van der Waals surface area (Å²) >= 11 is 0. The highest BCUT2D eigenvalue weighted by Gasteiger charge is 2.44. The topological polar surface area (TPSA) is 88.4 Å². The number of piperazine rings is 1. The van der Waals surface area contributed by atoms with Gasteiger partial charge >= 0.3 is 0 Å². The monoisotopic (exact) mass is 494 g/mol. The molecule has 0 N–H and O–H groups in total. The number of para-hydroxylation sites is 1. The number of non-ortho nitro benzene ring substituents is 1. The minimum absolute atomic E-state index is 0.00499. The number of fused-ring (bicyclic) bond motifs is 3. The summed E-state index contributed by atoms with van der Waals surface area (Å²) in [4.78, 5) is 31.6. The lowest BCUT2D eigenvalue weighted by Crippen LogP contribution is -2.62. The van der Waals surface area contributed by atoms with Crippen LogP contribution in [0.1, 0.15) is 19.4 Å². The quantitative estimate of drug-likeness (QED) is 0.451. The Kier molecular flexibility index (Phi) is 7.11. The lowest BCUT2D eigenvalue weighted by atomic mass is 9.82. The first-order valence-electron chi connectivity index (χ1n) is 12.8. The van der Waals surface area contributed by atoms with Gasteiger partial charge in [-0.1, -0.05) is 18.2 Å². The predicted molar refractivity (Wildman–Crippen MR) is 136 cm³/mol. The highest BCUT2D eigenvalue weighted by molar-refractivity contribution is 5.82. The van der Waals surface area contributed by atoms with Crippen LogP contribution in [0, 0.1) is 16.0 Å². The molecule has 2 aromatic carbocycles. The SMILES string of the molecule is C[C@@H]1CN(C(=O)[C@@H]2Cc3cc([N+](=O)[O-])ccc3N3CCN(CCOc4ccccc4)C[C@@H]23)C[C@@H](C)O1. The van der Waals surface area contributed by atoms with Gasteiger partial charge in [-0.3, -0.25) is 19.8 Å². The van der Waals surface area contributed by atoms with E-state index >= 15 is 0 Å². The van der Waals surface area contributed by atoms with E-state index in [1.54, 1.807) is 12.1 Å². The van der Waals surface area contributed by atoms with E-state index in [0.717, 1.165) is 43.2 Å². The van der Waals surface area contributed by atoms with Crippen molar-refractivity contribution in [2.75, 3.05) is 50.8 Å². The number of ether oxygens (including phenoxy) is 2. The van der Waals surface area contributed by atoms with Crippen molar-refractivity contribution >= 4 is 17.3 Å². The number of nitrogens with zero attached hydrogens (tertiary/aromatic N) is 4. The fraction of sp³-hybridized carbons (Fsp3) is 0.519. The van der Waals surface area contributed by atoms with Crippen molar-refractivity contribution in [3.05, 3.63) is 64.2 Å². The molecule has 2 saturated heterocycles. The molecule has 2 fully saturated rings. The van der Waals surface area contributed by atoms with Gasteiger partial charge in [0.05, 0.1) is 29.1 Å². The van der Waals surface area contributed by atoms with E-state index in [0.29, 0.717) is 26.1 Å². The molecule has 9 heteroatoms. The molecule has 0 saturated carbocycles. The van der Waals surface area contributed by atoms with Gasteiger partial charge in [0.1, 0.15) is 12.4 Å². The summed E-state index contributed by atoms with van der Waals surface area (Å²) in [5.41, 5.74) is 1.97. The van der Waals surface area contributed by atoms with Crippen LogP contribution in [0.5, 0.6) is 5.75 Å². The lowest BCUT2D eigenvalue weighted by Gasteiger charge is -2.50. The zero-order valence-electron chi connectivity index (χ0n) is 20.9. The smallest absolute Gasteiger partial charge is 0.269 e. The maximum atomic E-state index is 13.9. The van der Waals surface area contributed by atoms with Gasteiger partial charge in [-0.25, -0.2) is 0 Å². The van der Waals surface area contributed by atoms with E-state index < -0.39 is 0 Å². The first-order chi connectivity index (χ1) is 17.4. The molecule has 0 spiro atoms. The normalized spacial score (nSPS) is 26.2. The minimum atomic E-state index is -0.362. The first kappa shape index (κ1) is 24.5. The lowest BCUT2D eigenvalue weighted by molar-refractivity contribution is -0.384. The summed E-state index contributed by atoms with van der Waals surface area (Å²) in [6, 6.07) is 14.9. The molecule has 0 aliphatic carbocycles. The summed E-state index contributed by atoms with van der Waals surface area (Å²) < 4.78 is 11.8. The Labute approximate surface area is 211 Å². The average Bonchev–Trinajstić information content (AvgIpc) is 2.87. The Balaban J connectivity index is 1.35. The minimum Gasteiger partial charge on any atom is -0.492 e. The summed E-state index contributed by atoms with van der Waals surface area (Å²) in [6.45, 7) is 8.85. The van der Waals surface area contributed by atoms with Crippen molar-refractivity contribution < 1.29 is 19.2 Å². The van der Waals surface area contributed by atoms with Crippen LogP contribution in [0.25, 0.3) is 0 Å². The van der Waals surface area contributed by atoms with Gasteiger partial charge in [0.2, 0.25) is 5.91 Å². The zero-order valence-corrected chi connectivity index (χ0v) is 20.9. The number of amides is 1. The number of morpholine rings is 1. The molecular weight excluding hydrogens is 460 g/mol. The van der Waals surface area contributed by atoms with Gasteiger partial charge in [-0.2, -0.15) is 0 Å². The number of benzene rings is 2. The van der Waals surface area contributed by atoms with Gasteiger partial charge in [0.25, 0.3) is 5.69 Å². The molecule has 2 aromatic rings. The van der Waals surface area contributed by atoms with E-state index in [2.05, 4.69) is 9.80 Å². The Hall–Kier alpha value is -3.17. The molecule has 3 aliphatic rings. The van der Waals surface area contributed by atoms with Crippen LogP contribution in [0.15, 0.2) is 48.5 Å². The number of nitro benzene ring substituents is 1. The Bertz CT molecular complexity index is 1090. The molecule has 1 amide bonds. The van der Waals surface area contributed by atoms with Crippen LogP contribution in [-0.4, -0.2) is 84.8 Å². The zero-order chi connectivity index (χ0) is 25.2. The Morgan fingerprint density at radius 1 is 1.08 bits per heavy atom. The number of carbonyl (C=O) groups excluding carboxylic acids is 1. The fourth-order valence-electron chi connectivity index (χ4n) is 5.87. The van der Waals surface area contributed by atoms with Crippen LogP contribution >= 0.6 is 0 Å².